The molecule has 1 aromatic carbocycles. The van der Waals surface area contributed by atoms with Crippen LogP contribution in [0.4, 0.5) is 4.39 Å². The number of benzene rings is 1. The van der Waals surface area contributed by atoms with Crippen molar-refractivity contribution in [2.45, 2.75) is 59.2 Å². The highest BCUT2D eigenvalue weighted by atomic mass is 35.5. The smallest absolute Gasteiger partial charge is 0.293 e. The molecule has 0 aliphatic carbocycles. The van der Waals surface area contributed by atoms with Crippen LogP contribution in [0.2, 0.25) is 5.02 Å². The Balaban J connectivity index is 0.000000587. The predicted molar refractivity (Wildman–Crippen MR) is 153 cm³/mol. The highest BCUT2D eigenvalue weighted by molar-refractivity contribution is 6.31. The van der Waals surface area contributed by atoms with Gasteiger partial charge >= 0.3 is 0 Å². The fourth-order valence-corrected chi connectivity index (χ4v) is 4.11. The van der Waals surface area contributed by atoms with E-state index >= 15 is 4.39 Å². The van der Waals surface area contributed by atoms with Gasteiger partial charge in [0.15, 0.2) is 0 Å². The number of amides is 1. The number of pyridine rings is 2. The van der Waals surface area contributed by atoms with Gasteiger partial charge in [0.1, 0.15) is 27.9 Å². The summed E-state index contributed by atoms with van der Waals surface area (Å²) in [5.41, 5.74) is 0.649. The number of aromatic nitrogens is 2. The third-order valence-corrected chi connectivity index (χ3v) is 5.98. The number of likely N-dealkylation sites (tertiary alicyclic amines) is 1. The number of nitrogens with zero attached hydrogens (tertiary/aromatic N) is 3. The molecule has 1 aliphatic heterocycles. The number of methoxy groups -OCH3 is 1. The molecule has 0 spiro atoms. The average molecular weight is 588 g/mol. The van der Waals surface area contributed by atoms with Crippen molar-refractivity contribution in [3.05, 3.63) is 59.1 Å². The third-order valence-electron chi connectivity index (χ3n) is 5.71. The lowest BCUT2D eigenvalue weighted by Gasteiger charge is -2.19. The first-order valence-electron chi connectivity index (χ1n) is 13.2. The number of halogens is 2. The van der Waals surface area contributed by atoms with Crippen LogP contribution in [0.15, 0.2) is 42.7 Å². The van der Waals surface area contributed by atoms with E-state index in [0.717, 1.165) is 12.8 Å². The van der Waals surface area contributed by atoms with Gasteiger partial charge in [0, 0.05) is 42.5 Å². The molecule has 0 bridgehead atoms. The minimum absolute atomic E-state index is 0.0352. The van der Waals surface area contributed by atoms with Crippen LogP contribution in [-0.4, -0.2) is 59.2 Å². The Morgan fingerprint density at radius 1 is 1.10 bits per heavy atom. The normalized spacial score (nSPS) is 12.9. The maximum absolute atomic E-state index is 15.2. The van der Waals surface area contributed by atoms with Crippen molar-refractivity contribution >= 4 is 24.0 Å². The van der Waals surface area contributed by atoms with Gasteiger partial charge in [0.25, 0.3) is 12.4 Å². The number of rotatable bonds is 8. The van der Waals surface area contributed by atoms with Gasteiger partial charge in [0.2, 0.25) is 11.8 Å². The third kappa shape index (κ3) is 8.78. The number of hydrogen-bond donors (Lipinski definition) is 0. The molecule has 0 atom stereocenters. The molecule has 1 fully saturated rings. The van der Waals surface area contributed by atoms with E-state index in [1.54, 1.807) is 23.2 Å². The summed E-state index contributed by atoms with van der Waals surface area (Å²) in [7, 11) is 1.49. The number of hydrogen-bond acceptors (Lipinski definition) is 8. The zero-order valence-electron chi connectivity index (χ0n) is 24.1. The Morgan fingerprint density at radius 3 is 2.37 bits per heavy atom. The van der Waals surface area contributed by atoms with E-state index in [0.29, 0.717) is 36.6 Å². The molecule has 0 unspecified atom stereocenters. The van der Waals surface area contributed by atoms with Crippen molar-refractivity contribution in [3.63, 3.8) is 0 Å². The molecule has 0 radical (unpaired) electrons. The molecule has 3 aromatic rings. The van der Waals surface area contributed by atoms with Crippen LogP contribution in [0.1, 0.15) is 57.8 Å². The fourth-order valence-electron chi connectivity index (χ4n) is 3.91. The number of ether oxygens (including phenoxy) is 4. The van der Waals surface area contributed by atoms with Gasteiger partial charge in [0.05, 0.1) is 25.0 Å². The van der Waals surface area contributed by atoms with Gasteiger partial charge in [-0.1, -0.05) is 11.6 Å². The zero-order valence-corrected chi connectivity index (χ0v) is 24.8. The molecule has 41 heavy (non-hydrogen) atoms. The molecule has 2 aromatic heterocycles. The first kappa shape index (κ1) is 31.6. The van der Waals surface area contributed by atoms with Crippen LogP contribution in [0.25, 0.3) is 11.1 Å². The van der Waals surface area contributed by atoms with Gasteiger partial charge in [-0.25, -0.2) is 14.4 Å². The van der Waals surface area contributed by atoms with E-state index in [1.165, 1.54) is 31.5 Å². The summed E-state index contributed by atoms with van der Waals surface area (Å²) in [6.07, 6.45) is 4.73. The highest BCUT2D eigenvalue weighted by Gasteiger charge is 2.26. The van der Waals surface area contributed by atoms with Crippen LogP contribution in [0.5, 0.6) is 23.3 Å². The lowest BCUT2D eigenvalue weighted by Crippen LogP contribution is -2.28. The van der Waals surface area contributed by atoms with Gasteiger partial charge in [-0.2, -0.15) is 0 Å². The minimum Gasteiger partial charge on any atom is -0.481 e. The molecular weight excluding hydrogens is 553 g/mol. The average Bonchev–Trinajstić information content (AvgIpc) is 3.45. The van der Waals surface area contributed by atoms with Crippen molar-refractivity contribution in [2.24, 2.45) is 0 Å². The Morgan fingerprint density at radius 2 is 1.80 bits per heavy atom. The van der Waals surface area contributed by atoms with Gasteiger partial charge in [-0.15, -0.1) is 0 Å². The highest BCUT2D eigenvalue weighted by Crippen LogP contribution is 2.40. The first-order valence-corrected chi connectivity index (χ1v) is 13.5. The summed E-state index contributed by atoms with van der Waals surface area (Å²) in [6, 6.07) is 7.70. The summed E-state index contributed by atoms with van der Waals surface area (Å²) < 4.78 is 36.7. The maximum Gasteiger partial charge on any atom is 0.293 e. The minimum atomic E-state index is -0.683. The lowest BCUT2D eigenvalue weighted by molar-refractivity contribution is -0.138. The molecule has 11 heteroatoms. The van der Waals surface area contributed by atoms with Crippen molar-refractivity contribution in [2.75, 3.05) is 20.2 Å². The van der Waals surface area contributed by atoms with Gasteiger partial charge < -0.3 is 23.8 Å². The largest absolute Gasteiger partial charge is 0.481 e. The Labute approximate surface area is 244 Å². The number of carbonyl (C=O) groups excluding carboxylic acids is 2. The molecule has 1 aliphatic rings. The van der Waals surface area contributed by atoms with E-state index < -0.39 is 5.82 Å². The Bertz CT molecular complexity index is 1360. The zero-order chi connectivity index (χ0) is 30.2. The molecule has 1 amide bonds. The molecule has 4 rings (SSSR count). The molecule has 0 saturated carbocycles. The molecular formula is C30H35ClFN3O6. The first-order chi connectivity index (χ1) is 19.4. The topological polar surface area (TPSA) is 100 Å². The molecule has 220 valence electrons. The van der Waals surface area contributed by atoms with E-state index in [1.807, 2.05) is 34.6 Å². The monoisotopic (exact) mass is 587 g/mol. The molecule has 1 saturated heterocycles. The fraction of sp³-hybridized carbons (Fsp3) is 0.400. The molecule has 0 N–H and O–H groups in total. The SMILES string of the molecule is CC(C)(C)OC=O.COc1ncccc1-c1cc(C(=O)N2CCCC2)c(F)cc1Oc1cnc(OC(C)C)c(Cl)c1. The van der Waals surface area contributed by atoms with Crippen molar-refractivity contribution in [3.8, 4) is 34.4 Å². The van der Waals surface area contributed by atoms with E-state index in [2.05, 4.69) is 14.7 Å². The second kappa shape index (κ2) is 14.1. The van der Waals surface area contributed by atoms with Gasteiger partial charge in [-0.05, 0) is 65.7 Å². The Hall–Kier alpha value is -3.92. The Kier molecular flexibility index (Phi) is 10.9. The predicted octanol–water partition coefficient (Wildman–Crippen LogP) is 6.72. The lowest BCUT2D eigenvalue weighted by atomic mass is 10.0. The number of carbonyl (C=O) groups is 2. The summed E-state index contributed by atoms with van der Waals surface area (Å²) in [6.45, 7) is 10.9. The second-order valence-electron chi connectivity index (χ2n) is 10.4. The maximum atomic E-state index is 15.2. The van der Waals surface area contributed by atoms with Gasteiger partial charge in [-0.3, -0.25) is 9.59 Å². The van der Waals surface area contributed by atoms with E-state index in [9.17, 15) is 9.59 Å². The molecule has 9 nitrogen and oxygen atoms in total. The van der Waals surface area contributed by atoms with E-state index in [-0.39, 0.29) is 45.6 Å². The second-order valence-corrected chi connectivity index (χ2v) is 10.8. The van der Waals surface area contributed by atoms with Crippen LogP contribution in [0.3, 0.4) is 0 Å². The summed E-state index contributed by atoms with van der Waals surface area (Å²) in [5, 5.41) is 0.257. The standard InChI is InChI=1S/C25H25ClFN3O4.C5H10O2/c1-15(2)33-24-20(26)11-16(14-29-24)34-22-13-21(27)19(25(31)30-9-4-5-10-30)12-18(22)17-7-6-8-28-23(17)32-3;1-5(2,3)7-4-6/h6-8,11-15H,4-5,9-10H2,1-3H3;4H,1-3H3. The van der Waals surface area contributed by atoms with Crippen LogP contribution in [0, 0.1) is 5.82 Å². The summed E-state index contributed by atoms with van der Waals surface area (Å²) >= 11 is 6.29. The van der Waals surface area contributed by atoms with Crippen molar-refractivity contribution in [1.29, 1.82) is 0 Å². The summed E-state index contributed by atoms with van der Waals surface area (Å²) in [5.74, 6) is -0.00504. The van der Waals surface area contributed by atoms with Crippen molar-refractivity contribution < 1.29 is 32.9 Å². The molecule has 3 heterocycles. The van der Waals surface area contributed by atoms with Crippen LogP contribution < -0.4 is 14.2 Å². The summed E-state index contributed by atoms with van der Waals surface area (Å²) in [4.78, 5) is 32.7. The van der Waals surface area contributed by atoms with E-state index in [4.69, 9.17) is 25.8 Å². The van der Waals surface area contributed by atoms with Crippen molar-refractivity contribution in [1.82, 2.24) is 14.9 Å². The quantitative estimate of drug-likeness (QED) is 0.268. The van der Waals surface area contributed by atoms with Crippen LogP contribution in [-0.2, 0) is 9.53 Å². The van der Waals surface area contributed by atoms with Crippen LogP contribution >= 0.6 is 11.6 Å².